The van der Waals surface area contributed by atoms with Crippen molar-refractivity contribution < 1.29 is 0 Å². The van der Waals surface area contributed by atoms with Gasteiger partial charge in [0.25, 0.3) is 0 Å². The van der Waals surface area contributed by atoms with Crippen molar-refractivity contribution in [2.75, 3.05) is 45.8 Å². The van der Waals surface area contributed by atoms with Crippen LogP contribution in [-0.4, -0.2) is 84.7 Å². The van der Waals surface area contributed by atoms with E-state index >= 15 is 0 Å². The largest absolute Gasteiger partial charge is 0.310 e. The Morgan fingerprint density at radius 1 is 1.00 bits per heavy atom. The minimum absolute atomic E-state index is 0.704. The molecule has 0 aliphatic carbocycles. The van der Waals surface area contributed by atoms with Crippen LogP contribution in [0.4, 0.5) is 0 Å². The lowest BCUT2D eigenvalue weighted by Gasteiger charge is -2.41. The molecule has 0 aromatic carbocycles. The summed E-state index contributed by atoms with van der Waals surface area (Å²) >= 11 is 0. The Hall–Kier alpha value is -0.420. The van der Waals surface area contributed by atoms with Crippen LogP contribution in [0.15, 0.2) is 11.6 Å². The lowest BCUT2D eigenvalue weighted by molar-refractivity contribution is 0.0822. The average Bonchev–Trinajstić information content (AvgIpc) is 2.69. The second-order valence-electron chi connectivity index (χ2n) is 9.63. The molecule has 4 nitrogen and oxygen atoms in total. The van der Waals surface area contributed by atoms with Gasteiger partial charge in [-0.1, -0.05) is 18.6 Å². The summed E-state index contributed by atoms with van der Waals surface area (Å²) in [5.74, 6) is 0. The molecule has 164 valence electrons. The molecule has 4 heteroatoms. The highest BCUT2D eigenvalue weighted by Crippen LogP contribution is 2.20. The van der Waals surface area contributed by atoms with Gasteiger partial charge in [0, 0.05) is 30.7 Å². The van der Waals surface area contributed by atoms with Crippen molar-refractivity contribution in [2.24, 2.45) is 0 Å². The van der Waals surface area contributed by atoms with Crippen LogP contribution < -0.4 is 5.32 Å². The van der Waals surface area contributed by atoms with Crippen LogP contribution >= 0.6 is 0 Å². The van der Waals surface area contributed by atoms with Gasteiger partial charge in [-0.3, -0.25) is 0 Å². The number of nitrogens with zero attached hydrogens (tertiary/aromatic N) is 3. The van der Waals surface area contributed by atoms with Gasteiger partial charge in [0.1, 0.15) is 0 Å². The van der Waals surface area contributed by atoms with Crippen LogP contribution in [0.1, 0.15) is 73.6 Å². The SMILES string of the molecule is CCN(CCC(C)N1CCC(NCC=C(C)C)CC1)C1CCN(C(C)C)CC1. The van der Waals surface area contributed by atoms with E-state index in [1.807, 2.05) is 0 Å². The van der Waals surface area contributed by atoms with Gasteiger partial charge in [-0.15, -0.1) is 0 Å². The molecule has 28 heavy (non-hydrogen) atoms. The van der Waals surface area contributed by atoms with Crippen molar-refractivity contribution in [3.05, 3.63) is 11.6 Å². The molecule has 2 rings (SSSR count). The normalized spacial score (nSPS) is 22.1. The van der Waals surface area contributed by atoms with Gasteiger partial charge < -0.3 is 20.0 Å². The highest BCUT2D eigenvalue weighted by Gasteiger charge is 2.26. The maximum absolute atomic E-state index is 3.71. The maximum Gasteiger partial charge on any atom is 0.0139 e. The smallest absolute Gasteiger partial charge is 0.0139 e. The van der Waals surface area contributed by atoms with Crippen molar-refractivity contribution in [2.45, 2.75) is 97.8 Å². The molecular formula is C24H48N4. The lowest BCUT2D eigenvalue weighted by Crippen LogP contribution is -2.49. The molecule has 0 bridgehead atoms. The first-order chi connectivity index (χ1) is 13.4. The monoisotopic (exact) mass is 392 g/mol. The maximum atomic E-state index is 3.71. The summed E-state index contributed by atoms with van der Waals surface area (Å²) in [6.07, 6.45) is 8.92. The Labute approximate surface area is 175 Å². The van der Waals surface area contributed by atoms with E-state index in [0.717, 1.165) is 12.6 Å². The van der Waals surface area contributed by atoms with E-state index in [9.17, 15) is 0 Å². The number of rotatable bonds is 10. The predicted octanol–water partition coefficient (Wildman–Crippen LogP) is 3.98. The van der Waals surface area contributed by atoms with Gasteiger partial charge in [-0.2, -0.15) is 0 Å². The quantitative estimate of drug-likeness (QED) is 0.568. The molecule has 2 aliphatic rings. The van der Waals surface area contributed by atoms with Crippen LogP contribution in [0.5, 0.6) is 0 Å². The third-order valence-corrected chi connectivity index (χ3v) is 7.06. The molecule has 1 atom stereocenters. The van der Waals surface area contributed by atoms with E-state index in [0.29, 0.717) is 18.1 Å². The second-order valence-corrected chi connectivity index (χ2v) is 9.63. The first kappa shape index (κ1) is 23.9. The van der Waals surface area contributed by atoms with Crippen molar-refractivity contribution >= 4 is 0 Å². The van der Waals surface area contributed by atoms with E-state index in [1.165, 1.54) is 76.9 Å². The molecule has 0 aromatic heterocycles. The molecule has 0 amide bonds. The average molecular weight is 393 g/mol. The Bertz CT molecular complexity index is 442. The molecule has 2 fully saturated rings. The van der Waals surface area contributed by atoms with Crippen LogP contribution in [0.2, 0.25) is 0 Å². The van der Waals surface area contributed by atoms with E-state index < -0.39 is 0 Å². The predicted molar refractivity (Wildman–Crippen MR) is 123 cm³/mol. The van der Waals surface area contributed by atoms with Crippen molar-refractivity contribution in [1.29, 1.82) is 0 Å². The molecule has 0 spiro atoms. The van der Waals surface area contributed by atoms with Gasteiger partial charge in [0.05, 0.1) is 0 Å². The van der Waals surface area contributed by atoms with Crippen LogP contribution in [0.3, 0.4) is 0 Å². The Balaban J connectivity index is 1.67. The summed E-state index contributed by atoms with van der Waals surface area (Å²) < 4.78 is 0. The summed E-state index contributed by atoms with van der Waals surface area (Å²) in [5.41, 5.74) is 1.41. The van der Waals surface area contributed by atoms with E-state index in [-0.39, 0.29) is 0 Å². The van der Waals surface area contributed by atoms with Crippen LogP contribution in [-0.2, 0) is 0 Å². The minimum atomic E-state index is 0.704. The summed E-state index contributed by atoms with van der Waals surface area (Å²) in [6.45, 7) is 22.4. The van der Waals surface area contributed by atoms with Crippen LogP contribution in [0, 0.1) is 0 Å². The standard InChI is InChI=1S/C24H48N4/c1-7-26(24-12-18-27(19-13-24)21(4)5)15-9-22(6)28-16-10-23(11-17-28)25-14-8-20(2)3/h8,21-25H,7,9-19H2,1-6H3. The first-order valence-corrected chi connectivity index (χ1v) is 12.0. The molecule has 2 saturated heterocycles. The zero-order chi connectivity index (χ0) is 20.5. The highest BCUT2D eigenvalue weighted by molar-refractivity contribution is 4.95. The highest BCUT2D eigenvalue weighted by atomic mass is 15.2. The van der Waals surface area contributed by atoms with Gasteiger partial charge in [0.2, 0.25) is 0 Å². The lowest BCUT2D eigenvalue weighted by atomic mass is 10.00. The summed E-state index contributed by atoms with van der Waals surface area (Å²) in [4.78, 5) is 8.14. The molecule has 0 aromatic rings. The summed E-state index contributed by atoms with van der Waals surface area (Å²) in [7, 11) is 0. The number of piperidine rings is 2. The minimum Gasteiger partial charge on any atom is -0.310 e. The Morgan fingerprint density at radius 2 is 1.61 bits per heavy atom. The zero-order valence-corrected chi connectivity index (χ0v) is 19.7. The van der Waals surface area contributed by atoms with Gasteiger partial charge in [0.15, 0.2) is 0 Å². The summed E-state index contributed by atoms with van der Waals surface area (Å²) in [5, 5.41) is 3.71. The van der Waals surface area contributed by atoms with Crippen molar-refractivity contribution in [3.8, 4) is 0 Å². The topological polar surface area (TPSA) is 21.8 Å². The number of likely N-dealkylation sites (tertiary alicyclic amines) is 2. The molecule has 1 unspecified atom stereocenters. The van der Waals surface area contributed by atoms with Crippen molar-refractivity contribution in [3.63, 3.8) is 0 Å². The van der Waals surface area contributed by atoms with Gasteiger partial charge in [-0.25, -0.2) is 0 Å². The molecule has 2 aliphatic heterocycles. The fraction of sp³-hybridized carbons (Fsp3) is 0.917. The van der Waals surface area contributed by atoms with Gasteiger partial charge >= 0.3 is 0 Å². The first-order valence-electron chi connectivity index (χ1n) is 12.0. The van der Waals surface area contributed by atoms with E-state index in [2.05, 4.69) is 67.6 Å². The number of nitrogens with one attached hydrogen (secondary N) is 1. The van der Waals surface area contributed by atoms with Gasteiger partial charge in [-0.05, 0) is 106 Å². The second kappa shape index (κ2) is 12.3. The van der Waals surface area contributed by atoms with E-state index in [1.54, 1.807) is 0 Å². The number of allylic oxidation sites excluding steroid dienone is 1. The molecule has 2 heterocycles. The fourth-order valence-corrected chi connectivity index (χ4v) is 4.88. The van der Waals surface area contributed by atoms with Crippen molar-refractivity contribution in [1.82, 2.24) is 20.0 Å². The summed E-state index contributed by atoms with van der Waals surface area (Å²) in [6, 6.07) is 2.92. The Morgan fingerprint density at radius 3 is 2.14 bits per heavy atom. The zero-order valence-electron chi connectivity index (χ0n) is 19.7. The fourth-order valence-electron chi connectivity index (χ4n) is 4.88. The third-order valence-electron chi connectivity index (χ3n) is 7.06. The molecule has 0 saturated carbocycles. The molecule has 0 radical (unpaired) electrons. The molecular weight excluding hydrogens is 344 g/mol. The van der Waals surface area contributed by atoms with Crippen LogP contribution in [0.25, 0.3) is 0 Å². The molecule has 1 N–H and O–H groups in total. The third kappa shape index (κ3) is 7.78. The number of hydrogen-bond acceptors (Lipinski definition) is 4. The van der Waals surface area contributed by atoms with E-state index in [4.69, 9.17) is 0 Å². The number of hydrogen-bond donors (Lipinski definition) is 1. The Kier molecular flexibility index (Phi) is 10.5.